The van der Waals surface area contributed by atoms with Crippen LogP contribution in [0.4, 0.5) is 5.95 Å². The van der Waals surface area contributed by atoms with Crippen LogP contribution in [0.5, 0.6) is 11.5 Å². The monoisotopic (exact) mass is 412 g/mol. The van der Waals surface area contributed by atoms with Crippen molar-refractivity contribution in [1.29, 1.82) is 0 Å². The van der Waals surface area contributed by atoms with Gasteiger partial charge >= 0.3 is 0 Å². The Balaban J connectivity index is 2.05. The largest absolute Gasteiger partial charge is 0.490 e. The highest BCUT2D eigenvalue weighted by Crippen LogP contribution is 2.35. The molecule has 3 rings (SSSR count). The first-order valence-corrected chi connectivity index (χ1v) is 9.43. The van der Waals surface area contributed by atoms with Crippen molar-refractivity contribution in [3.63, 3.8) is 0 Å². The number of carbonyl (C=O) groups excluding carboxylic acids is 1. The third kappa shape index (κ3) is 4.43. The highest BCUT2D eigenvalue weighted by molar-refractivity contribution is 6.17. The number of nitrogens with one attached hydrogen (secondary N) is 1. The Bertz CT molecular complexity index is 1100. The van der Waals surface area contributed by atoms with E-state index in [0.29, 0.717) is 35.6 Å². The molecule has 10 heteroatoms. The van der Waals surface area contributed by atoms with Gasteiger partial charge < -0.3 is 20.9 Å². The Morgan fingerprint density at radius 1 is 1.30 bits per heavy atom. The van der Waals surface area contributed by atoms with Crippen LogP contribution in [-0.2, 0) is 11.8 Å². The van der Waals surface area contributed by atoms with Crippen LogP contribution >= 0.6 is 0 Å². The van der Waals surface area contributed by atoms with E-state index >= 15 is 0 Å². The van der Waals surface area contributed by atoms with Gasteiger partial charge in [0.05, 0.1) is 24.2 Å². The predicted molar refractivity (Wildman–Crippen MR) is 115 cm³/mol. The van der Waals surface area contributed by atoms with Crippen LogP contribution in [0.15, 0.2) is 46.1 Å². The van der Waals surface area contributed by atoms with Crippen molar-refractivity contribution in [2.45, 2.75) is 19.3 Å². The van der Waals surface area contributed by atoms with Gasteiger partial charge in [0.15, 0.2) is 11.5 Å². The second kappa shape index (κ2) is 9.12. The van der Waals surface area contributed by atoms with Gasteiger partial charge in [0, 0.05) is 19.5 Å². The number of carbonyl (C=O) groups is 1. The number of rotatable bonds is 4. The van der Waals surface area contributed by atoms with E-state index < -0.39 is 5.91 Å². The molecule has 0 aliphatic carbocycles. The molecular weight excluding hydrogens is 388 g/mol. The third-order valence-corrected chi connectivity index (χ3v) is 4.49. The van der Waals surface area contributed by atoms with Crippen LogP contribution in [0.25, 0.3) is 10.9 Å². The van der Waals surface area contributed by atoms with Gasteiger partial charge in [-0.15, -0.1) is 0 Å². The van der Waals surface area contributed by atoms with Crippen LogP contribution < -0.4 is 31.8 Å². The summed E-state index contributed by atoms with van der Waals surface area (Å²) in [5.41, 5.74) is 10.9. The molecule has 0 radical (unpaired) electrons. The molecule has 30 heavy (non-hydrogen) atoms. The lowest BCUT2D eigenvalue weighted by Crippen LogP contribution is -2.26. The molecule has 5 N–H and O–H groups in total. The molecule has 10 nitrogen and oxygen atoms in total. The maximum absolute atomic E-state index is 12.9. The van der Waals surface area contributed by atoms with Crippen LogP contribution in [0.1, 0.15) is 19.3 Å². The number of hydrogen-bond acceptors (Lipinski definition) is 8. The van der Waals surface area contributed by atoms with Gasteiger partial charge in [-0.1, -0.05) is 6.58 Å². The second-order valence-corrected chi connectivity index (χ2v) is 6.67. The third-order valence-electron chi connectivity index (χ3n) is 4.49. The number of fused-ring (bicyclic) bond motifs is 3. The first kappa shape index (κ1) is 20.9. The number of aliphatic imine (C=N–C) groups is 1. The van der Waals surface area contributed by atoms with Gasteiger partial charge in [0.25, 0.3) is 11.5 Å². The number of benzene rings is 1. The van der Waals surface area contributed by atoms with Crippen molar-refractivity contribution in [2.24, 2.45) is 23.5 Å². The van der Waals surface area contributed by atoms with Gasteiger partial charge in [-0.25, -0.2) is 9.98 Å². The summed E-state index contributed by atoms with van der Waals surface area (Å²) in [6, 6.07) is 3.34. The zero-order valence-corrected chi connectivity index (χ0v) is 16.7. The van der Waals surface area contributed by atoms with E-state index in [1.165, 1.54) is 17.8 Å². The minimum absolute atomic E-state index is 0.0186. The number of hydrogen-bond donors (Lipinski definition) is 3. The fourth-order valence-electron chi connectivity index (χ4n) is 2.90. The highest BCUT2D eigenvalue weighted by Gasteiger charge is 2.19. The quantitative estimate of drug-likeness (QED) is 0.504. The van der Waals surface area contributed by atoms with Crippen molar-refractivity contribution >= 4 is 29.0 Å². The molecule has 0 atom stereocenters. The summed E-state index contributed by atoms with van der Waals surface area (Å²) in [7, 11) is 1.51. The topological polar surface area (TPSA) is 147 Å². The molecule has 0 spiro atoms. The molecule has 0 bridgehead atoms. The fourth-order valence-corrected chi connectivity index (χ4v) is 2.90. The van der Waals surface area contributed by atoms with Crippen LogP contribution in [0.3, 0.4) is 0 Å². The molecule has 2 heterocycles. The van der Waals surface area contributed by atoms with E-state index in [4.69, 9.17) is 20.9 Å². The standard InChI is InChI=1S/C20H24N6O4/c1-12(22)23-11-13(10-21)18(27)25-20-24-16-14(19(28)26(20)2)6-7-15-17(16)30-9-5-3-4-8-29-15/h6-7,10-11H,1,3-5,8-9,21-22H2,2H3,(H,24,25,27)/b13-10+,23-11-. The van der Waals surface area contributed by atoms with Gasteiger partial charge in [-0.2, -0.15) is 0 Å². The summed E-state index contributed by atoms with van der Waals surface area (Å²) in [6.07, 6.45) is 5.00. The van der Waals surface area contributed by atoms with Crippen molar-refractivity contribution < 1.29 is 14.3 Å². The van der Waals surface area contributed by atoms with Crippen molar-refractivity contribution in [3.05, 3.63) is 46.7 Å². The summed E-state index contributed by atoms with van der Waals surface area (Å²) >= 11 is 0. The zero-order valence-electron chi connectivity index (χ0n) is 16.7. The molecule has 0 fully saturated rings. The van der Waals surface area contributed by atoms with Crippen LogP contribution in [0, 0.1) is 0 Å². The lowest BCUT2D eigenvalue weighted by Gasteiger charge is -2.15. The summed E-state index contributed by atoms with van der Waals surface area (Å²) in [5, 5.41) is 2.93. The van der Waals surface area contributed by atoms with E-state index in [1.54, 1.807) is 12.1 Å². The first-order chi connectivity index (χ1) is 14.4. The molecule has 2 aromatic rings. The number of amides is 1. The fraction of sp³-hybridized carbons (Fsp3) is 0.300. The summed E-state index contributed by atoms with van der Waals surface area (Å²) in [4.78, 5) is 33.7. The molecule has 1 amide bonds. The Morgan fingerprint density at radius 2 is 2.03 bits per heavy atom. The molecule has 1 aliphatic rings. The molecule has 0 saturated heterocycles. The first-order valence-electron chi connectivity index (χ1n) is 9.43. The molecule has 1 aromatic carbocycles. The molecule has 1 aliphatic heterocycles. The number of anilines is 1. The number of ether oxygens (including phenoxy) is 2. The maximum atomic E-state index is 12.9. The second-order valence-electron chi connectivity index (χ2n) is 6.67. The van der Waals surface area contributed by atoms with Crippen molar-refractivity contribution in [3.8, 4) is 11.5 Å². The minimum Gasteiger partial charge on any atom is -0.490 e. The molecule has 158 valence electrons. The number of aromatic nitrogens is 2. The van der Waals surface area contributed by atoms with Gasteiger partial charge in [-0.3, -0.25) is 19.5 Å². The van der Waals surface area contributed by atoms with Crippen molar-refractivity contribution in [2.75, 3.05) is 18.5 Å². The summed E-state index contributed by atoms with van der Waals surface area (Å²) in [5.74, 6) is 0.327. The van der Waals surface area contributed by atoms with E-state index in [2.05, 4.69) is 21.9 Å². The Morgan fingerprint density at radius 3 is 2.73 bits per heavy atom. The Kier molecular flexibility index (Phi) is 6.35. The molecule has 0 unspecified atom stereocenters. The summed E-state index contributed by atoms with van der Waals surface area (Å²) < 4.78 is 12.9. The smallest absolute Gasteiger partial charge is 0.262 e. The lowest BCUT2D eigenvalue weighted by atomic mass is 10.2. The number of nitrogens with zero attached hydrogens (tertiary/aromatic N) is 3. The molecular formula is C20H24N6O4. The zero-order chi connectivity index (χ0) is 21.7. The predicted octanol–water partition coefficient (Wildman–Crippen LogP) is 1.16. The average molecular weight is 412 g/mol. The average Bonchev–Trinajstić information content (AvgIpc) is 2.84. The minimum atomic E-state index is -0.614. The van der Waals surface area contributed by atoms with E-state index in [-0.39, 0.29) is 22.9 Å². The Hall–Kier alpha value is -3.82. The van der Waals surface area contributed by atoms with Crippen LogP contribution in [0.2, 0.25) is 0 Å². The molecule has 0 saturated carbocycles. The van der Waals surface area contributed by atoms with E-state index in [9.17, 15) is 9.59 Å². The number of nitrogens with two attached hydrogens (primary N) is 2. The highest BCUT2D eigenvalue weighted by atomic mass is 16.5. The van der Waals surface area contributed by atoms with Crippen molar-refractivity contribution in [1.82, 2.24) is 9.55 Å². The van der Waals surface area contributed by atoms with Crippen LogP contribution in [-0.4, -0.2) is 34.9 Å². The lowest BCUT2D eigenvalue weighted by molar-refractivity contribution is -0.112. The SMILES string of the molecule is C=C(N)/N=C\C(=C/N)C(=O)Nc1nc2c3c(ccc2c(=O)n1C)OCCCCCO3. The van der Waals surface area contributed by atoms with E-state index in [1.807, 2.05) is 0 Å². The molecule has 1 aromatic heterocycles. The van der Waals surface area contributed by atoms with Gasteiger partial charge in [0.2, 0.25) is 5.95 Å². The normalized spacial score (nSPS) is 14.8. The Labute approximate surface area is 172 Å². The maximum Gasteiger partial charge on any atom is 0.262 e. The summed E-state index contributed by atoms with van der Waals surface area (Å²) in [6.45, 7) is 4.45. The van der Waals surface area contributed by atoms with E-state index in [0.717, 1.165) is 25.5 Å². The van der Waals surface area contributed by atoms with Gasteiger partial charge in [0.1, 0.15) is 11.3 Å². The van der Waals surface area contributed by atoms with Gasteiger partial charge in [-0.05, 0) is 31.4 Å².